The smallest absolute Gasteiger partial charge is 0.328 e. The molecule has 0 bridgehead atoms. The van der Waals surface area contributed by atoms with Crippen molar-refractivity contribution >= 4 is 37.4 Å². The average Bonchev–Trinajstić information content (AvgIpc) is 2.76. The Bertz CT molecular complexity index is 721. The Morgan fingerprint density at radius 3 is 2.90 bits per heavy atom. The second kappa shape index (κ2) is 5.83. The standard InChI is InChI=1S/C11H14N5O3P/c1-4-6(17)12-8-7-9(15-10(14-8)19-2)16(5-20-3)11(18)13-7/h3-5H2,1-2H3,(H,13,18)(H,12,14,15,17). The van der Waals surface area contributed by atoms with Crippen molar-refractivity contribution in [3.8, 4) is 6.01 Å². The van der Waals surface area contributed by atoms with Crippen molar-refractivity contribution in [1.29, 1.82) is 0 Å². The summed E-state index contributed by atoms with van der Waals surface area (Å²) in [6.45, 7) is 1.72. The van der Waals surface area contributed by atoms with Crippen molar-refractivity contribution in [2.45, 2.75) is 19.6 Å². The number of imidazole rings is 1. The number of aromatic nitrogens is 4. The predicted molar refractivity (Wildman–Crippen MR) is 77.7 cm³/mol. The molecule has 20 heavy (non-hydrogen) atoms. The third kappa shape index (κ3) is 2.55. The lowest BCUT2D eigenvalue weighted by atomic mass is 10.4. The molecule has 8 nitrogen and oxygen atoms in total. The van der Waals surface area contributed by atoms with E-state index >= 15 is 0 Å². The van der Waals surface area contributed by atoms with Gasteiger partial charge in [-0.3, -0.25) is 9.36 Å². The molecule has 2 heterocycles. The van der Waals surface area contributed by atoms with Crippen molar-refractivity contribution in [3.63, 3.8) is 0 Å². The molecule has 0 radical (unpaired) electrons. The van der Waals surface area contributed by atoms with Gasteiger partial charge in [0.15, 0.2) is 11.5 Å². The number of aromatic amines is 1. The number of carbonyl (C=O) groups is 1. The maximum atomic E-state index is 11.9. The van der Waals surface area contributed by atoms with E-state index in [1.807, 2.05) is 0 Å². The normalized spacial score (nSPS) is 10.9. The van der Waals surface area contributed by atoms with Gasteiger partial charge >= 0.3 is 11.7 Å². The van der Waals surface area contributed by atoms with Crippen molar-refractivity contribution in [2.75, 3.05) is 12.4 Å². The van der Waals surface area contributed by atoms with Crippen LogP contribution in [-0.4, -0.2) is 38.8 Å². The lowest BCUT2D eigenvalue weighted by Gasteiger charge is -2.06. The molecule has 106 valence electrons. The summed E-state index contributed by atoms with van der Waals surface area (Å²) in [5.74, 6) is 0.0196. The van der Waals surface area contributed by atoms with Gasteiger partial charge < -0.3 is 15.0 Å². The van der Waals surface area contributed by atoms with Gasteiger partial charge in [0.2, 0.25) is 5.91 Å². The summed E-state index contributed by atoms with van der Waals surface area (Å²) in [6.07, 6.45) is 4.38. The molecule has 0 aliphatic carbocycles. The Hall–Kier alpha value is -2.21. The Morgan fingerprint density at radius 2 is 2.30 bits per heavy atom. The van der Waals surface area contributed by atoms with Gasteiger partial charge in [0.05, 0.1) is 13.4 Å². The summed E-state index contributed by atoms with van der Waals surface area (Å²) in [6, 6.07) is 0.0809. The molecular weight excluding hydrogens is 281 g/mol. The summed E-state index contributed by atoms with van der Waals surface area (Å²) in [5, 5.41) is 2.62. The van der Waals surface area contributed by atoms with Gasteiger partial charge in [0, 0.05) is 6.42 Å². The number of hydrogen-bond donors (Lipinski definition) is 2. The van der Waals surface area contributed by atoms with E-state index < -0.39 is 0 Å². The van der Waals surface area contributed by atoms with Gasteiger partial charge in [-0.25, -0.2) is 4.79 Å². The quantitative estimate of drug-likeness (QED) is 0.795. The zero-order chi connectivity index (χ0) is 14.7. The number of amides is 1. The minimum atomic E-state index is -0.328. The molecule has 0 spiro atoms. The highest BCUT2D eigenvalue weighted by molar-refractivity contribution is 7.35. The van der Waals surface area contributed by atoms with Crippen LogP contribution in [0.4, 0.5) is 5.82 Å². The maximum absolute atomic E-state index is 11.9. The number of fused-ring (bicyclic) bond motifs is 1. The zero-order valence-corrected chi connectivity index (χ0v) is 12.0. The van der Waals surface area contributed by atoms with Crippen LogP contribution in [0.1, 0.15) is 13.3 Å². The van der Waals surface area contributed by atoms with Crippen LogP contribution in [0.25, 0.3) is 11.2 Å². The number of H-pyrrole nitrogens is 1. The van der Waals surface area contributed by atoms with Gasteiger partial charge in [-0.2, -0.15) is 9.97 Å². The van der Waals surface area contributed by atoms with E-state index in [1.54, 1.807) is 6.92 Å². The number of ether oxygens (including phenoxy) is 1. The molecule has 0 fully saturated rings. The molecule has 2 N–H and O–H groups in total. The van der Waals surface area contributed by atoms with Gasteiger partial charge in [-0.15, -0.1) is 0 Å². The fourth-order valence-electron chi connectivity index (χ4n) is 1.64. The number of hydrogen-bond acceptors (Lipinski definition) is 5. The van der Waals surface area contributed by atoms with E-state index in [-0.39, 0.29) is 23.4 Å². The SMILES string of the molecule is C=PCn1c(=O)[nH]c2c(NC(=O)CC)nc(OC)nc21. The first-order chi connectivity index (χ1) is 9.60. The van der Waals surface area contributed by atoms with Gasteiger partial charge in [-0.1, -0.05) is 21.4 Å². The molecular formula is C11H14N5O3P. The molecule has 9 heteroatoms. The molecule has 0 atom stereocenters. The minimum absolute atomic E-state index is 0.0809. The first-order valence-electron chi connectivity index (χ1n) is 5.87. The second-order valence-electron chi connectivity index (χ2n) is 3.88. The van der Waals surface area contributed by atoms with E-state index in [9.17, 15) is 9.59 Å². The molecule has 0 aromatic carbocycles. The summed E-state index contributed by atoms with van der Waals surface area (Å²) in [4.78, 5) is 34.2. The zero-order valence-electron chi connectivity index (χ0n) is 11.1. The van der Waals surface area contributed by atoms with Crippen LogP contribution in [0.2, 0.25) is 0 Å². The molecule has 0 aliphatic rings. The second-order valence-corrected chi connectivity index (χ2v) is 4.61. The van der Waals surface area contributed by atoms with Crippen molar-refractivity contribution in [1.82, 2.24) is 19.5 Å². The third-order valence-electron chi connectivity index (χ3n) is 2.61. The van der Waals surface area contributed by atoms with Crippen molar-refractivity contribution < 1.29 is 9.53 Å². The number of nitrogens with one attached hydrogen (secondary N) is 2. The average molecular weight is 295 g/mol. The Kier molecular flexibility index (Phi) is 4.14. The first kappa shape index (κ1) is 14.2. The Morgan fingerprint density at radius 1 is 1.55 bits per heavy atom. The number of anilines is 1. The largest absolute Gasteiger partial charge is 0.467 e. The van der Waals surface area contributed by atoms with E-state index in [4.69, 9.17) is 4.74 Å². The number of methoxy groups -OCH3 is 1. The van der Waals surface area contributed by atoms with Crippen LogP contribution in [0.15, 0.2) is 4.79 Å². The molecule has 1 amide bonds. The van der Waals surface area contributed by atoms with E-state index in [0.717, 1.165) is 8.20 Å². The van der Waals surface area contributed by atoms with E-state index in [1.165, 1.54) is 11.7 Å². The van der Waals surface area contributed by atoms with Crippen LogP contribution in [0.3, 0.4) is 0 Å². The van der Waals surface area contributed by atoms with Crippen molar-refractivity contribution in [3.05, 3.63) is 10.5 Å². The molecule has 0 saturated carbocycles. The lowest BCUT2D eigenvalue weighted by Crippen LogP contribution is -2.14. The van der Waals surface area contributed by atoms with Crippen LogP contribution in [0.5, 0.6) is 6.01 Å². The highest BCUT2D eigenvalue weighted by atomic mass is 31.1. The monoisotopic (exact) mass is 295 g/mol. The van der Waals surface area contributed by atoms with Gasteiger partial charge in [0.1, 0.15) is 5.52 Å². The maximum Gasteiger partial charge on any atom is 0.328 e. The van der Waals surface area contributed by atoms with Gasteiger partial charge in [-0.05, 0) is 0 Å². The third-order valence-corrected chi connectivity index (χ3v) is 3.09. The van der Waals surface area contributed by atoms with E-state index in [0.29, 0.717) is 23.9 Å². The summed E-state index contributed by atoms with van der Waals surface area (Å²) >= 11 is 0. The Labute approximate surface area is 116 Å². The highest BCUT2D eigenvalue weighted by Gasteiger charge is 2.16. The van der Waals surface area contributed by atoms with Gasteiger partial charge in [0.25, 0.3) is 0 Å². The molecule has 2 aromatic heterocycles. The minimum Gasteiger partial charge on any atom is -0.467 e. The topological polar surface area (TPSA) is 102 Å². The summed E-state index contributed by atoms with van der Waals surface area (Å²) in [7, 11) is 2.19. The van der Waals surface area contributed by atoms with Crippen molar-refractivity contribution in [2.24, 2.45) is 0 Å². The Balaban J connectivity index is 2.67. The van der Waals surface area contributed by atoms with Crippen LogP contribution < -0.4 is 15.7 Å². The predicted octanol–water partition coefficient (Wildman–Crippen LogP) is 0.812. The molecule has 2 rings (SSSR count). The fourth-order valence-corrected chi connectivity index (χ4v) is 2.11. The van der Waals surface area contributed by atoms with E-state index in [2.05, 4.69) is 26.6 Å². The highest BCUT2D eigenvalue weighted by Crippen LogP contribution is 2.21. The first-order valence-corrected chi connectivity index (χ1v) is 7.14. The fraction of sp³-hybridized carbons (Fsp3) is 0.364. The number of nitrogens with zero attached hydrogens (tertiary/aromatic N) is 3. The van der Waals surface area contributed by atoms with Crippen LogP contribution in [-0.2, 0) is 11.1 Å². The van der Waals surface area contributed by atoms with Crippen LogP contribution >= 0.6 is 8.20 Å². The molecule has 0 saturated heterocycles. The number of rotatable bonds is 5. The lowest BCUT2D eigenvalue weighted by molar-refractivity contribution is -0.115. The molecule has 0 unspecified atom stereocenters. The molecule has 0 aliphatic heterocycles. The summed E-state index contributed by atoms with van der Waals surface area (Å²) in [5.41, 5.74) is 0.427. The summed E-state index contributed by atoms with van der Waals surface area (Å²) < 4.78 is 6.43. The molecule has 2 aromatic rings. The number of carbonyl (C=O) groups excluding carboxylic acids is 1. The van der Waals surface area contributed by atoms with Crippen LogP contribution in [0, 0.1) is 0 Å².